The third-order valence-electron chi connectivity index (χ3n) is 5.81. The average Bonchev–Trinajstić information content (AvgIpc) is 3.48. The summed E-state index contributed by atoms with van der Waals surface area (Å²) in [5.74, 6) is -0.338. The van der Waals surface area contributed by atoms with Gasteiger partial charge in [-0.1, -0.05) is 41.7 Å². The Labute approximate surface area is 196 Å². The molecule has 4 aromatic rings. The van der Waals surface area contributed by atoms with Crippen molar-refractivity contribution in [2.24, 2.45) is 0 Å². The monoisotopic (exact) mass is 481 g/mol. The minimum absolute atomic E-state index is 0.0687. The lowest BCUT2D eigenvalue weighted by Gasteiger charge is -2.20. The van der Waals surface area contributed by atoms with E-state index in [1.807, 2.05) is 36.4 Å². The van der Waals surface area contributed by atoms with Crippen molar-refractivity contribution >= 4 is 53.4 Å². The maximum absolute atomic E-state index is 12.9. The molecule has 0 radical (unpaired) electrons. The highest BCUT2D eigenvalue weighted by Gasteiger charge is 2.26. The highest BCUT2D eigenvalue weighted by molar-refractivity contribution is 7.89. The molecule has 5 rings (SSSR count). The molecule has 0 spiro atoms. The van der Waals surface area contributed by atoms with E-state index < -0.39 is 10.0 Å². The Morgan fingerprint density at radius 1 is 1.15 bits per heavy atom. The van der Waals surface area contributed by atoms with Crippen LogP contribution in [0.3, 0.4) is 0 Å². The van der Waals surface area contributed by atoms with E-state index in [1.54, 1.807) is 7.05 Å². The first-order valence-corrected chi connectivity index (χ1v) is 12.9. The van der Waals surface area contributed by atoms with Crippen molar-refractivity contribution in [3.8, 4) is 0 Å². The third-order valence-corrected chi connectivity index (χ3v) is 8.59. The number of rotatable bonds is 6. The number of hydrogen-bond donors (Lipinski definition) is 1. The van der Waals surface area contributed by atoms with Gasteiger partial charge in [0.05, 0.1) is 21.2 Å². The number of likely N-dealkylation sites (N-methyl/N-ethyl adjacent to an activating group) is 1. The molecule has 3 aromatic carbocycles. The predicted molar refractivity (Wildman–Crippen MR) is 130 cm³/mol. The zero-order valence-electron chi connectivity index (χ0n) is 18.0. The summed E-state index contributed by atoms with van der Waals surface area (Å²) < 4.78 is 33.6. The van der Waals surface area contributed by atoms with Crippen LogP contribution in [0.1, 0.15) is 23.2 Å². The average molecular weight is 482 g/mol. The normalized spacial score (nSPS) is 16.6. The molecule has 170 valence electrons. The van der Waals surface area contributed by atoms with Crippen LogP contribution in [-0.2, 0) is 14.8 Å². The van der Waals surface area contributed by atoms with Gasteiger partial charge < -0.3 is 4.74 Å². The minimum atomic E-state index is -3.65. The number of nitrogens with one attached hydrogen (secondary N) is 1. The van der Waals surface area contributed by atoms with Gasteiger partial charge in [0.1, 0.15) is 0 Å². The van der Waals surface area contributed by atoms with Crippen LogP contribution >= 0.6 is 11.3 Å². The second kappa shape index (κ2) is 8.83. The standard InChI is InChI=1S/C24H23N3O4S2/c1-27(15-18-6-4-14-31-18)33(29,30)19-11-8-17(9-12-19)23(28)26-24-25-22-20-7-3-2-5-16(20)10-13-21(22)32-24/h2-3,5,7-13,18H,4,6,14-15H2,1H3,(H,25,26,28)/t18-/m0/s1. The highest BCUT2D eigenvalue weighted by atomic mass is 32.2. The zero-order valence-corrected chi connectivity index (χ0v) is 19.7. The topological polar surface area (TPSA) is 88.6 Å². The summed E-state index contributed by atoms with van der Waals surface area (Å²) in [5.41, 5.74) is 1.21. The van der Waals surface area contributed by atoms with Crippen molar-refractivity contribution in [2.75, 3.05) is 25.5 Å². The number of nitrogens with zero attached hydrogens (tertiary/aromatic N) is 2. The fourth-order valence-corrected chi connectivity index (χ4v) is 6.10. The van der Waals surface area contributed by atoms with Crippen LogP contribution in [0.2, 0.25) is 0 Å². The molecule has 0 aliphatic carbocycles. The highest BCUT2D eigenvalue weighted by Crippen LogP contribution is 2.32. The molecule has 7 nitrogen and oxygen atoms in total. The van der Waals surface area contributed by atoms with Crippen molar-refractivity contribution in [1.82, 2.24) is 9.29 Å². The molecular weight excluding hydrogens is 458 g/mol. The van der Waals surface area contributed by atoms with Gasteiger partial charge in [-0.25, -0.2) is 13.4 Å². The van der Waals surface area contributed by atoms with Gasteiger partial charge in [-0.3, -0.25) is 10.1 Å². The molecule has 1 aromatic heterocycles. The van der Waals surface area contributed by atoms with Crippen molar-refractivity contribution in [3.63, 3.8) is 0 Å². The summed E-state index contributed by atoms with van der Waals surface area (Å²) in [4.78, 5) is 17.5. The number of benzene rings is 3. The van der Waals surface area contributed by atoms with Gasteiger partial charge in [-0.2, -0.15) is 4.31 Å². The van der Waals surface area contributed by atoms with E-state index in [4.69, 9.17) is 4.74 Å². The maximum atomic E-state index is 12.9. The fourth-order valence-electron chi connectivity index (χ4n) is 4.02. The molecular formula is C24H23N3O4S2. The predicted octanol–water partition coefficient (Wildman–Crippen LogP) is 4.50. The molecule has 0 saturated carbocycles. The Bertz CT molecular complexity index is 1430. The molecule has 33 heavy (non-hydrogen) atoms. The van der Waals surface area contributed by atoms with Crippen molar-refractivity contribution in [3.05, 3.63) is 66.2 Å². The van der Waals surface area contributed by atoms with Crippen molar-refractivity contribution in [1.29, 1.82) is 0 Å². The minimum Gasteiger partial charge on any atom is -0.377 e. The Balaban J connectivity index is 1.32. The van der Waals surface area contributed by atoms with Crippen molar-refractivity contribution in [2.45, 2.75) is 23.8 Å². The van der Waals surface area contributed by atoms with Gasteiger partial charge in [0.15, 0.2) is 5.13 Å². The molecule has 1 aliphatic heterocycles. The second-order valence-corrected chi connectivity index (χ2v) is 11.1. The van der Waals surface area contributed by atoms with Gasteiger partial charge in [0, 0.05) is 31.1 Å². The number of aromatic nitrogens is 1. The number of ether oxygens (including phenoxy) is 1. The molecule has 1 saturated heterocycles. The fraction of sp³-hybridized carbons (Fsp3) is 0.250. The Morgan fingerprint density at radius 2 is 1.94 bits per heavy atom. The SMILES string of the molecule is CN(C[C@@H]1CCCO1)S(=O)(=O)c1ccc(C(=O)Nc2nc3c(ccc4ccccc43)s2)cc1. The van der Waals surface area contributed by atoms with E-state index in [0.717, 1.165) is 33.8 Å². The molecule has 1 amide bonds. The van der Waals surface area contributed by atoms with Gasteiger partial charge in [-0.15, -0.1) is 0 Å². The second-order valence-electron chi connectivity index (χ2n) is 8.05. The number of hydrogen-bond acceptors (Lipinski definition) is 6. The first-order valence-electron chi connectivity index (χ1n) is 10.7. The summed E-state index contributed by atoms with van der Waals surface area (Å²) in [5, 5.41) is 5.46. The number of sulfonamides is 1. The number of fused-ring (bicyclic) bond motifs is 3. The van der Waals surface area contributed by atoms with Crippen LogP contribution < -0.4 is 5.32 Å². The smallest absolute Gasteiger partial charge is 0.257 e. The van der Waals surface area contributed by atoms with Crippen LogP contribution in [0.15, 0.2) is 65.6 Å². The zero-order chi connectivity index (χ0) is 23.0. The Kier molecular flexibility index (Phi) is 5.88. The summed E-state index contributed by atoms with van der Waals surface area (Å²) in [7, 11) is -2.10. The summed E-state index contributed by atoms with van der Waals surface area (Å²) in [6.45, 7) is 0.990. The van der Waals surface area contributed by atoms with E-state index in [-0.39, 0.29) is 16.9 Å². The van der Waals surface area contributed by atoms with Gasteiger partial charge in [0.25, 0.3) is 5.91 Å². The summed E-state index contributed by atoms with van der Waals surface area (Å²) in [6, 6.07) is 18.0. The Morgan fingerprint density at radius 3 is 2.70 bits per heavy atom. The first-order chi connectivity index (χ1) is 15.9. The van der Waals surface area contributed by atoms with Crippen LogP contribution in [0, 0.1) is 0 Å². The number of carbonyl (C=O) groups excluding carboxylic acids is 1. The van der Waals surface area contributed by atoms with Gasteiger partial charge >= 0.3 is 0 Å². The third kappa shape index (κ3) is 4.37. The molecule has 2 heterocycles. The van der Waals surface area contributed by atoms with E-state index in [0.29, 0.717) is 23.8 Å². The van der Waals surface area contributed by atoms with Crippen LogP contribution in [0.25, 0.3) is 21.0 Å². The molecule has 1 aliphatic rings. The summed E-state index contributed by atoms with van der Waals surface area (Å²) >= 11 is 1.40. The number of anilines is 1. The van der Waals surface area contributed by atoms with Crippen LogP contribution in [-0.4, -0.2) is 49.9 Å². The van der Waals surface area contributed by atoms with Crippen molar-refractivity contribution < 1.29 is 17.9 Å². The maximum Gasteiger partial charge on any atom is 0.257 e. The summed E-state index contributed by atoms with van der Waals surface area (Å²) in [6.07, 6.45) is 1.74. The molecule has 1 atom stereocenters. The van der Waals surface area contributed by atoms with Crippen LogP contribution in [0.4, 0.5) is 5.13 Å². The largest absolute Gasteiger partial charge is 0.377 e. The lowest BCUT2D eigenvalue weighted by Crippen LogP contribution is -2.34. The van der Waals surface area contributed by atoms with E-state index in [9.17, 15) is 13.2 Å². The number of carbonyl (C=O) groups is 1. The number of amides is 1. The quantitative estimate of drug-likeness (QED) is 0.438. The number of thiazole rings is 1. The lowest BCUT2D eigenvalue weighted by atomic mass is 10.1. The first kappa shape index (κ1) is 22.0. The molecule has 0 unspecified atom stereocenters. The van der Waals surface area contributed by atoms with Gasteiger partial charge in [0.2, 0.25) is 10.0 Å². The van der Waals surface area contributed by atoms with Crippen LogP contribution in [0.5, 0.6) is 0 Å². The van der Waals surface area contributed by atoms with Gasteiger partial charge in [-0.05, 0) is 48.6 Å². The molecule has 1 fully saturated rings. The van der Waals surface area contributed by atoms with E-state index in [1.165, 1.54) is 39.9 Å². The van der Waals surface area contributed by atoms with E-state index in [2.05, 4.69) is 10.3 Å². The molecule has 9 heteroatoms. The lowest BCUT2D eigenvalue weighted by molar-refractivity contribution is 0.0979. The Hall–Kier alpha value is -2.85. The van der Waals surface area contributed by atoms with E-state index >= 15 is 0 Å². The molecule has 0 bridgehead atoms. The molecule has 1 N–H and O–H groups in total.